The van der Waals surface area contributed by atoms with Crippen LogP contribution in [-0.4, -0.2) is 31.2 Å². The molecule has 0 amide bonds. The summed E-state index contributed by atoms with van der Waals surface area (Å²) in [4.78, 5) is 16.9. The van der Waals surface area contributed by atoms with E-state index in [-0.39, 0.29) is 5.69 Å². The van der Waals surface area contributed by atoms with Crippen molar-refractivity contribution in [1.29, 1.82) is 0 Å². The van der Waals surface area contributed by atoms with Crippen LogP contribution in [0.25, 0.3) is 0 Å². The second-order valence-corrected chi connectivity index (χ2v) is 6.61. The molecule has 1 fully saturated rings. The molecule has 1 aliphatic heterocycles. The number of nitro groups is 1. The van der Waals surface area contributed by atoms with Crippen LogP contribution >= 0.6 is 24.0 Å². The average molecular weight is 311 g/mol. The van der Waals surface area contributed by atoms with Crippen LogP contribution in [0.15, 0.2) is 23.4 Å². The number of rotatable bonds is 2. The molecule has 1 aromatic heterocycles. The standard InChI is InChI=1S/C13H17N3O2S2/c1-9-5-3-6-10(2)15(9)13(19)20-12-11(16(17)18)7-4-8-14-12/h4,7-10H,3,5-6H2,1-2H3/t9-,10-/m1/s1. The maximum atomic E-state index is 11.0. The van der Waals surface area contributed by atoms with Crippen molar-refractivity contribution in [3.05, 3.63) is 28.4 Å². The molecular weight excluding hydrogens is 294 g/mol. The van der Waals surface area contributed by atoms with E-state index in [0.29, 0.717) is 21.4 Å². The average Bonchev–Trinajstić information content (AvgIpc) is 2.38. The summed E-state index contributed by atoms with van der Waals surface area (Å²) in [7, 11) is 0. The zero-order valence-corrected chi connectivity index (χ0v) is 13.1. The van der Waals surface area contributed by atoms with Crippen molar-refractivity contribution in [2.45, 2.75) is 50.2 Å². The van der Waals surface area contributed by atoms with E-state index in [0.717, 1.165) is 12.8 Å². The summed E-state index contributed by atoms with van der Waals surface area (Å²) in [6, 6.07) is 3.78. The number of thiocarbonyl (C=S) groups is 1. The molecule has 0 spiro atoms. The monoisotopic (exact) mass is 311 g/mol. The fourth-order valence-electron chi connectivity index (χ4n) is 2.52. The van der Waals surface area contributed by atoms with Crippen molar-refractivity contribution in [3.63, 3.8) is 0 Å². The number of hydrogen-bond donors (Lipinski definition) is 0. The normalized spacial score (nSPS) is 22.6. The first-order valence-electron chi connectivity index (χ1n) is 6.60. The summed E-state index contributed by atoms with van der Waals surface area (Å²) in [5, 5.41) is 11.4. The van der Waals surface area contributed by atoms with Crippen molar-refractivity contribution in [2.24, 2.45) is 0 Å². The fraction of sp³-hybridized carbons (Fsp3) is 0.538. The maximum absolute atomic E-state index is 11.0. The second-order valence-electron chi connectivity index (χ2n) is 4.99. The summed E-state index contributed by atoms with van der Waals surface area (Å²) in [5.74, 6) is 0. The Bertz CT molecular complexity index is 514. The number of hydrogen-bond acceptors (Lipinski definition) is 5. The Hall–Kier alpha value is -1.21. The van der Waals surface area contributed by atoms with Gasteiger partial charge in [0.15, 0.2) is 5.03 Å². The van der Waals surface area contributed by atoms with Crippen LogP contribution < -0.4 is 0 Å². The molecule has 0 bridgehead atoms. The number of thioether (sulfide) groups is 1. The lowest BCUT2D eigenvalue weighted by Gasteiger charge is -2.40. The van der Waals surface area contributed by atoms with Crippen LogP contribution in [0, 0.1) is 10.1 Å². The zero-order chi connectivity index (χ0) is 14.7. The van der Waals surface area contributed by atoms with Gasteiger partial charge >= 0.3 is 5.69 Å². The van der Waals surface area contributed by atoms with Crippen LogP contribution in [-0.2, 0) is 0 Å². The molecule has 1 aromatic rings. The van der Waals surface area contributed by atoms with Crippen molar-refractivity contribution >= 4 is 34.0 Å². The first kappa shape index (κ1) is 15.2. The number of pyridine rings is 1. The van der Waals surface area contributed by atoms with Gasteiger partial charge in [0, 0.05) is 24.3 Å². The molecule has 108 valence electrons. The Morgan fingerprint density at radius 3 is 2.75 bits per heavy atom. The Labute approximate surface area is 127 Å². The van der Waals surface area contributed by atoms with Gasteiger partial charge in [-0.05, 0) is 50.9 Å². The maximum Gasteiger partial charge on any atom is 0.301 e. The quantitative estimate of drug-likeness (QED) is 0.360. The van der Waals surface area contributed by atoms with E-state index in [4.69, 9.17) is 12.2 Å². The van der Waals surface area contributed by atoms with E-state index in [1.54, 1.807) is 12.3 Å². The van der Waals surface area contributed by atoms with Crippen molar-refractivity contribution < 1.29 is 4.92 Å². The van der Waals surface area contributed by atoms with E-state index >= 15 is 0 Å². The highest BCUT2D eigenvalue weighted by molar-refractivity contribution is 8.22. The van der Waals surface area contributed by atoms with Gasteiger partial charge in [-0.1, -0.05) is 12.2 Å². The molecule has 1 saturated heterocycles. The number of aromatic nitrogens is 1. The molecule has 0 saturated carbocycles. The molecule has 1 aliphatic rings. The summed E-state index contributed by atoms with van der Waals surface area (Å²) in [6.45, 7) is 4.30. The predicted molar refractivity (Wildman–Crippen MR) is 84.0 cm³/mol. The van der Waals surface area contributed by atoms with Gasteiger partial charge in [0.05, 0.1) is 4.92 Å². The SMILES string of the molecule is C[C@@H]1CCC[C@@H](C)N1C(=S)Sc1ncccc1[N+](=O)[O-]. The molecule has 0 aliphatic carbocycles. The molecule has 0 radical (unpaired) electrons. The third kappa shape index (κ3) is 3.27. The van der Waals surface area contributed by atoms with Gasteiger partial charge in [-0.2, -0.15) is 0 Å². The highest BCUT2D eigenvalue weighted by Gasteiger charge is 2.28. The molecule has 7 heteroatoms. The number of likely N-dealkylation sites (tertiary alicyclic amines) is 1. The lowest BCUT2D eigenvalue weighted by molar-refractivity contribution is -0.388. The highest BCUT2D eigenvalue weighted by Crippen LogP contribution is 2.32. The largest absolute Gasteiger partial charge is 0.352 e. The highest BCUT2D eigenvalue weighted by atomic mass is 32.2. The van der Waals surface area contributed by atoms with Gasteiger partial charge < -0.3 is 4.90 Å². The summed E-state index contributed by atoms with van der Waals surface area (Å²) in [5.41, 5.74) is 0.0113. The minimum Gasteiger partial charge on any atom is -0.352 e. The topological polar surface area (TPSA) is 59.3 Å². The van der Waals surface area contributed by atoms with Gasteiger partial charge in [-0.25, -0.2) is 4.98 Å². The smallest absolute Gasteiger partial charge is 0.301 e. The molecule has 5 nitrogen and oxygen atoms in total. The lowest BCUT2D eigenvalue weighted by Crippen LogP contribution is -2.45. The van der Waals surface area contributed by atoms with Crippen molar-refractivity contribution in [3.8, 4) is 0 Å². The third-order valence-corrected chi connectivity index (χ3v) is 4.89. The van der Waals surface area contributed by atoms with Crippen LogP contribution in [0.2, 0.25) is 0 Å². The van der Waals surface area contributed by atoms with E-state index in [2.05, 4.69) is 23.7 Å². The molecule has 2 heterocycles. The van der Waals surface area contributed by atoms with Crippen molar-refractivity contribution in [1.82, 2.24) is 9.88 Å². The molecular formula is C13H17N3O2S2. The minimum absolute atomic E-state index is 0.0113. The Morgan fingerprint density at radius 1 is 1.50 bits per heavy atom. The number of nitrogens with zero attached hydrogens (tertiary/aromatic N) is 3. The Balaban J connectivity index is 2.17. The summed E-state index contributed by atoms with van der Waals surface area (Å²) >= 11 is 6.70. The van der Waals surface area contributed by atoms with Crippen LogP contribution in [0.3, 0.4) is 0 Å². The summed E-state index contributed by atoms with van der Waals surface area (Å²) in [6.07, 6.45) is 4.97. The van der Waals surface area contributed by atoms with Gasteiger partial charge in [0.2, 0.25) is 0 Å². The Kier molecular flexibility index (Phi) is 4.93. The zero-order valence-electron chi connectivity index (χ0n) is 11.5. The van der Waals surface area contributed by atoms with E-state index < -0.39 is 4.92 Å². The van der Waals surface area contributed by atoms with Gasteiger partial charge in [-0.3, -0.25) is 10.1 Å². The van der Waals surface area contributed by atoms with E-state index in [1.165, 1.54) is 24.2 Å². The molecule has 0 unspecified atom stereocenters. The molecule has 0 aromatic carbocycles. The third-order valence-electron chi connectivity index (χ3n) is 3.54. The van der Waals surface area contributed by atoms with Crippen LogP contribution in [0.5, 0.6) is 0 Å². The second kappa shape index (κ2) is 6.49. The Morgan fingerprint density at radius 2 is 2.15 bits per heavy atom. The van der Waals surface area contributed by atoms with Crippen molar-refractivity contribution in [2.75, 3.05) is 0 Å². The van der Waals surface area contributed by atoms with Gasteiger partial charge in [0.1, 0.15) is 4.32 Å². The first-order valence-corrected chi connectivity index (χ1v) is 7.82. The lowest BCUT2D eigenvalue weighted by atomic mass is 9.99. The van der Waals surface area contributed by atoms with Gasteiger partial charge in [-0.15, -0.1) is 0 Å². The first-order chi connectivity index (χ1) is 9.50. The molecule has 2 atom stereocenters. The predicted octanol–water partition coefficient (Wildman–Crippen LogP) is 3.63. The molecule has 2 rings (SSSR count). The summed E-state index contributed by atoms with van der Waals surface area (Å²) < 4.78 is 0.673. The van der Waals surface area contributed by atoms with Crippen LogP contribution in [0.4, 0.5) is 5.69 Å². The van der Waals surface area contributed by atoms with E-state index in [9.17, 15) is 10.1 Å². The molecule has 0 N–H and O–H groups in total. The minimum atomic E-state index is -0.416. The van der Waals surface area contributed by atoms with E-state index in [1.807, 2.05) is 0 Å². The fourth-order valence-corrected chi connectivity index (χ4v) is 4.10. The molecule has 20 heavy (non-hydrogen) atoms. The number of piperidine rings is 1. The van der Waals surface area contributed by atoms with Crippen LogP contribution in [0.1, 0.15) is 33.1 Å². The van der Waals surface area contributed by atoms with Gasteiger partial charge in [0.25, 0.3) is 0 Å².